The zero-order valence-corrected chi connectivity index (χ0v) is 38.4. The van der Waals surface area contributed by atoms with E-state index in [4.69, 9.17) is 24.1 Å². The van der Waals surface area contributed by atoms with Gasteiger partial charge in [-0.2, -0.15) is 0 Å². The Morgan fingerprint density at radius 1 is 0.508 bits per heavy atom. The fourth-order valence-electron chi connectivity index (χ4n) is 7.32. The molecule has 1 rings (SSSR count). The van der Waals surface area contributed by atoms with Gasteiger partial charge in [0.05, 0.1) is 39.6 Å². The van der Waals surface area contributed by atoms with Crippen molar-refractivity contribution in [1.82, 2.24) is 21.3 Å². The number of carbonyl (C=O) groups excluding carboxylic acids is 5. The lowest BCUT2D eigenvalue weighted by Gasteiger charge is -2.28. The van der Waals surface area contributed by atoms with Gasteiger partial charge in [-0.15, -0.1) is 0 Å². The first-order valence-electron chi connectivity index (χ1n) is 23.8. The van der Waals surface area contributed by atoms with Crippen LogP contribution in [0.25, 0.3) is 0 Å². The van der Waals surface area contributed by atoms with Crippen LogP contribution in [0, 0.1) is 11.8 Å². The van der Waals surface area contributed by atoms with Crippen molar-refractivity contribution in [2.45, 2.75) is 167 Å². The van der Waals surface area contributed by atoms with Crippen LogP contribution in [0.15, 0.2) is 0 Å². The summed E-state index contributed by atoms with van der Waals surface area (Å²) >= 11 is 0. The van der Waals surface area contributed by atoms with E-state index in [1.807, 2.05) is 0 Å². The summed E-state index contributed by atoms with van der Waals surface area (Å²) < 4.78 is 21.0. The average Bonchev–Trinajstić information content (AvgIpc) is 3.25. The minimum Gasteiger partial charge on any atom is -0.481 e. The van der Waals surface area contributed by atoms with E-state index < -0.39 is 18.0 Å². The Balaban J connectivity index is 2.00. The smallest absolute Gasteiger partial charge is 0.326 e. The molecule has 1 aliphatic carbocycles. The van der Waals surface area contributed by atoms with Gasteiger partial charge in [-0.3, -0.25) is 28.8 Å². The zero-order valence-electron chi connectivity index (χ0n) is 38.4. The Kier molecular flexibility index (Phi) is 36.3. The number of carbonyl (C=O) groups is 7. The highest BCUT2D eigenvalue weighted by Crippen LogP contribution is 2.29. The molecule has 1 saturated carbocycles. The van der Waals surface area contributed by atoms with Crippen LogP contribution < -0.4 is 21.3 Å². The predicted molar refractivity (Wildman–Crippen MR) is 238 cm³/mol. The number of nitrogens with one attached hydrogen (secondary N) is 4. The summed E-state index contributed by atoms with van der Waals surface area (Å²) in [7, 11) is 0. The molecule has 0 radical (unpaired) electrons. The highest BCUT2D eigenvalue weighted by atomic mass is 16.5. The van der Waals surface area contributed by atoms with Crippen molar-refractivity contribution in [3.8, 4) is 0 Å². The Labute approximate surface area is 376 Å². The summed E-state index contributed by atoms with van der Waals surface area (Å²) in [5, 5.41) is 29.3. The van der Waals surface area contributed by atoms with Crippen LogP contribution in [0.1, 0.15) is 161 Å². The van der Waals surface area contributed by atoms with Crippen molar-refractivity contribution in [2.24, 2.45) is 11.8 Å². The molecule has 0 unspecified atom stereocenters. The number of amides is 4. The lowest BCUT2D eigenvalue weighted by Crippen LogP contribution is -2.45. The topological polar surface area (TPSA) is 245 Å². The van der Waals surface area contributed by atoms with E-state index in [1.165, 1.54) is 71.1 Å². The standard InChI is InChI=1S/C46H82N4O13/c1-37(51)35-62-32-30-61-29-27-48-43(54)36-63-33-31-60-28-26-47-42(53)25-24-40(46(58)59)50-45(57)39-22-20-38(21-23-39)34-49-41(52)18-16-14-12-10-8-6-4-2-3-5-7-9-11-13-15-17-19-44(55)56/h38-40H,2-36H2,1H3,(H,47,53)(H,48,54)(H,49,52)(H,50,57)(H,55,56)(H,58,59)/t38?,39?,40-/m0/s1. The fourth-order valence-corrected chi connectivity index (χ4v) is 7.32. The van der Waals surface area contributed by atoms with Gasteiger partial charge in [-0.05, 0) is 57.8 Å². The molecule has 0 aliphatic heterocycles. The highest BCUT2D eigenvalue weighted by molar-refractivity contribution is 5.85. The summed E-state index contributed by atoms with van der Waals surface area (Å²) in [5.74, 6) is -2.86. The van der Waals surface area contributed by atoms with Gasteiger partial charge in [-0.25, -0.2) is 4.79 Å². The number of unbranched alkanes of at least 4 members (excludes halogenated alkanes) is 15. The third-order valence-electron chi connectivity index (χ3n) is 11.0. The lowest BCUT2D eigenvalue weighted by atomic mass is 9.81. The van der Waals surface area contributed by atoms with Crippen molar-refractivity contribution < 1.29 is 62.7 Å². The van der Waals surface area contributed by atoms with E-state index >= 15 is 0 Å². The van der Waals surface area contributed by atoms with Gasteiger partial charge in [0, 0.05) is 44.8 Å². The summed E-state index contributed by atoms with van der Waals surface area (Å²) in [4.78, 5) is 82.6. The number of ketones is 1. The normalized spacial score (nSPS) is 15.3. The maximum Gasteiger partial charge on any atom is 0.326 e. The van der Waals surface area contributed by atoms with Crippen LogP contribution in [-0.2, 0) is 52.5 Å². The number of ether oxygens (including phenoxy) is 4. The highest BCUT2D eigenvalue weighted by Gasteiger charge is 2.29. The lowest BCUT2D eigenvalue weighted by molar-refractivity contribution is -0.143. The molecule has 63 heavy (non-hydrogen) atoms. The molecule has 0 aromatic rings. The third kappa shape index (κ3) is 36.4. The van der Waals surface area contributed by atoms with Gasteiger partial charge in [0.2, 0.25) is 23.6 Å². The minimum atomic E-state index is -1.19. The SMILES string of the molecule is CC(=O)COCCOCCNC(=O)COCCOCCNC(=O)CC[C@H](NC(=O)C1CCC(CNC(=O)CCCCCCCCCCCCCCCCCCC(=O)O)CC1)C(=O)O. The van der Waals surface area contributed by atoms with E-state index in [0.717, 1.165) is 51.4 Å². The molecule has 1 atom stereocenters. The van der Waals surface area contributed by atoms with Crippen LogP contribution in [0.4, 0.5) is 0 Å². The number of rotatable bonds is 43. The number of hydrogen-bond acceptors (Lipinski definition) is 11. The predicted octanol–water partition coefficient (Wildman–Crippen LogP) is 5.25. The van der Waals surface area contributed by atoms with Gasteiger partial charge >= 0.3 is 11.9 Å². The maximum absolute atomic E-state index is 12.9. The van der Waals surface area contributed by atoms with E-state index in [1.54, 1.807) is 0 Å². The molecular weight excluding hydrogens is 817 g/mol. The number of aliphatic carboxylic acids is 2. The van der Waals surface area contributed by atoms with E-state index in [9.17, 15) is 38.7 Å². The molecule has 17 nitrogen and oxygen atoms in total. The molecule has 6 N–H and O–H groups in total. The molecule has 0 spiro atoms. The van der Waals surface area contributed by atoms with Gasteiger partial charge < -0.3 is 50.4 Å². The maximum atomic E-state index is 12.9. The summed E-state index contributed by atoms with van der Waals surface area (Å²) in [5.41, 5.74) is 0. The number of Topliss-reactive ketones (excluding diaryl/α,β-unsaturated/α-hetero) is 1. The molecule has 4 amide bonds. The second kappa shape index (κ2) is 39.9. The Hall–Kier alpha value is -3.67. The Bertz CT molecular complexity index is 1260. The molecule has 1 fully saturated rings. The van der Waals surface area contributed by atoms with Gasteiger partial charge in [-0.1, -0.05) is 89.9 Å². The second-order valence-corrected chi connectivity index (χ2v) is 16.7. The Morgan fingerprint density at radius 2 is 0.952 bits per heavy atom. The monoisotopic (exact) mass is 899 g/mol. The molecule has 364 valence electrons. The third-order valence-corrected chi connectivity index (χ3v) is 11.0. The van der Waals surface area contributed by atoms with Crippen LogP contribution in [-0.4, -0.2) is 130 Å². The van der Waals surface area contributed by atoms with E-state index in [2.05, 4.69) is 21.3 Å². The van der Waals surface area contributed by atoms with Crippen molar-refractivity contribution >= 4 is 41.4 Å². The van der Waals surface area contributed by atoms with Crippen molar-refractivity contribution in [2.75, 3.05) is 72.5 Å². The minimum absolute atomic E-state index is 0.0456. The Morgan fingerprint density at radius 3 is 1.44 bits per heavy atom. The molecule has 0 bridgehead atoms. The van der Waals surface area contributed by atoms with Gasteiger partial charge in [0.15, 0.2) is 5.78 Å². The second-order valence-electron chi connectivity index (χ2n) is 16.7. The van der Waals surface area contributed by atoms with Gasteiger partial charge in [0.1, 0.15) is 19.3 Å². The van der Waals surface area contributed by atoms with Crippen molar-refractivity contribution in [1.29, 1.82) is 0 Å². The largest absolute Gasteiger partial charge is 0.481 e. The van der Waals surface area contributed by atoms with Crippen LogP contribution >= 0.6 is 0 Å². The van der Waals surface area contributed by atoms with E-state index in [-0.39, 0.29) is 93.7 Å². The molecule has 0 saturated heterocycles. The van der Waals surface area contributed by atoms with Crippen LogP contribution in [0.3, 0.4) is 0 Å². The number of carboxylic acids is 2. The molecular formula is C46H82N4O13. The average molecular weight is 899 g/mol. The zero-order chi connectivity index (χ0) is 46.2. The molecule has 0 aromatic heterocycles. The van der Waals surface area contributed by atoms with Crippen LogP contribution in [0.2, 0.25) is 0 Å². The summed E-state index contributed by atoms with van der Waals surface area (Å²) in [6.07, 6.45) is 22.3. The molecule has 0 heterocycles. The fraction of sp³-hybridized carbons (Fsp3) is 0.848. The van der Waals surface area contributed by atoms with E-state index in [0.29, 0.717) is 58.6 Å². The molecule has 0 aromatic carbocycles. The van der Waals surface area contributed by atoms with Crippen molar-refractivity contribution in [3.05, 3.63) is 0 Å². The molecule has 17 heteroatoms. The number of hydrogen-bond donors (Lipinski definition) is 6. The quantitative estimate of drug-likeness (QED) is 0.0429. The summed E-state index contributed by atoms with van der Waals surface area (Å²) in [6, 6.07) is -1.18. The van der Waals surface area contributed by atoms with Gasteiger partial charge in [0.25, 0.3) is 0 Å². The molecule has 1 aliphatic rings. The number of carboxylic acid groups (broad SMARTS) is 2. The van der Waals surface area contributed by atoms with Crippen molar-refractivity contribution in [3.63, 3.8) is 0 Å². The summed E-state index contributed by atoms with van der Waals surface area (Å²) in [6.45, 7) is 3.96. The first kappa shape index (κ1) is 57.3. The van der Waals surface area contributed by atoms with Crippen LogP contribution in [0.5, 0.6) is 0 Å². The first-order valence-corrected chi connectivity index (χ1v) is 23.8. The first-order chi connectivity index (χ1) is 30.5.